The molecule has 1 saturated carbocycles. The Bertz CT molecular complexity index is 705. The summed E-state index contributed by atoms with van der Waals surface area (Å²) in [5, 5.41) is 7.69. The maximum absolute atomic E-state index is 7.32. The van der Waals surface area contributed by atoms with Crippen LogP contribution in [0.15, 0.2) is 54.6 Å². The van der Waals surface area contributed by atoms with Crippen LogP contribution in [0.2, 0.25) is 0 Å². The summed E-state index contributed by atoms with van der Waals surface area (Å²) in [6, 6.07) is 22.3. The minimum absolute atomic E-state index is 0.368. The average molecular weight is 383 g/mol. The van der Waals surface area contributed by atoms with Crippen molar-refractivity contribution < 1.29 is 0 Å². The van der Waals surface area contributed by atoms with Gasteiger partial charge in [0.2, 0.25) is 0 Å². The monoisotopic (exact) mass is 382 g/mol. The van der Waals surface area contributed by atoms with Gasteiger partial charge < -0.3 is 0 Å². The maximum atomic E-state index is 7.32. The van der Waals surface area contributed by atoms with E-state index in [1.165, 1.54) is 36.5 Å². The molecule has 0 radical (unpaired) electrons. The summed E-state index contributed by atoms with van der Waals surface area (Å²) in [6.45, 7) is 4.75. The molecule has 0 amide bonds. The van der Waals surface area contributed by atoms with Gasteiger partial charge in [-0.05, 0) is 49.4 Å². The van der Waals surface area contributed by atoms with Crippen molar-refractivity contribution in [3.8, 4) is 6.07 Å². The molecule has 0 saturated heterocycles. The predicted molar refractivity (Wildman–Crippen MR) is 115 cm³/mol. The molecule has 27 heavy (non-hydrogen) atoms. The van der Waals surface area contributed by atoms with E-state index in [1.807, 2.05) is 0 Å². The van der Waals surface area contributed by atoms with Crippen LogP contribution in [0.5, 0.6) is 0 Å². The van der Waals surface area contributed by atoms with Crippen molar-refractivity contribution >= 4 is 11.6 Å². The molecule has 2 aromatic rings. The molecule has 0 heterocycles. The molecule has 3 heteroatoms. The number of halogens is 1. The van der Waals surface area contributed by atoms with E-state index in [1.54, 1.807) is 6.07 Å². The topological polar surface area (TPSA) is 27.0 Å². The molecule has 0 bridgehead atoms. The molecule has 1 aliphatic rings. The maximum Gasteiger partial charge on any atom is 0.0587 e. The van der Waals surface area contributed by atoms with Crippen molar-refractivity contribution in [3.63, 3.8) is 0 Å². The highest BCUT2D eigenvalue weighted by Crippen LogP contribution is 2.45. The number of rotatable bonds is 8. The summed E-state index contributed by atoms with van der Waals surface area (Å²) in [7, 11) is 2.25. The fourth-order valence-electron chi connectivity index (χ4n) is 3.51. The molecule has 2 nitrogen and oxygen atoms in total. The molecule has 3 rings (SSSR count). The zero-order valence-corrected chi connectivity index (χ0v) is 17.5. The molecule has 2 aromatic carbocycles. The van der Waals surface area contributed by atoms with Crippen LogP contribution in [0.3, 0.4) is 0 Å². The van der Waals surface area contributed by atoms with E-state index >= 15 is 0 Å². The highest BCUT2D eigenvalue weighted by molar-refractivity contribution is 6.23. The molecule has 3 atom stereocenters. The Morgan fingerprint density at radius 3 is 2.22 bits per heavy atom. The first-order valence-corrected chi connectivity index (χ1v) is 10.3. The van der Waals surface area contributed by atoms with E-state index in [2.05, 4.69) is 73.5 Å². The number of alkyl halides is 1. The third-order valence-corrected chi connectivity index (χ3v) is 5.74. The standard InChI is InChI=1S/C22H28ClN.C2H3N/c1-3-20(24(2)16-18-7-5-4-6-8-18)14-11-17-9-12-19(13-10-17)21-15-22(21)23;1-2-3/h4-10,12-13,20-22H,3,11,14-16H2,1-2H3;1H3. The van der Waals surface area contributed by atoms with Crippen LogP contribution in [0, 0.1) is 11.3 Å². The molecular weight excluding hydrogens is 352 g/mol. The highest BCUT2D eigenvalue weighted by atomic mass is 35.5. The first kappa shape index (κ1) is 21.5. The van der Waals surface area contributed by atoms with Crippen molar-refractivity contribution in [2.75, 3.05) is 7.05 Å². The van der Waals surface area contributed by atoms with Crippen LogP contribution >= 0.6 is 11.6 Å². The minimum atomic E-state index is 0.368. The second-order valence-electron chi connectivity index (χ2n) is 7.32. The largest absolute Gasteiger partial charge is 0.299 e. The lowest BCUT2D eigenvalue weighted by Gasteiger charge is -2.27. The highest BCUT2D eigenvalue weighted by Gasteiger charge is 2.36. The van der Waals surface area contributed by atoms with Gasteiger partial charge in [0, 0.05) is 30.8 Å². The number of benzene rings is 2. The van der Waals surface area contributed by atoms with Crippen molar-refractivity contribution in [2.45, 2.75) is 63.4 Å². The van der Waals surface area contributed by atoms with Crippen LogP contribution in [-0.4, -0.2) is 23.4 Å². The predicted octanol–water partition coefficient (Wildman–Crippen LogP) is 6.15. The Balaban J connectivity index is 0.000000817. The Labute approximate surface area is 169 Å². The van der Waals surface area contributed by atoms with Gasteiger partial charge in [-0.25, -0.2) is 0 Å². The number of hydrogen-bond donors (Lipinski definition) is 0. The lowest BCUT2D eigenvalue weighted by Crippen LogP contribution is -2.31. The Kier molecular flexibility index (Phi) is 8.85. The number of hydrogen-bond acceptors (Lipinski definition) is 2. The summed E-state index contributed by atoms with van der Waals surface area (Å²) in [4.78, 5) is 2.49. The van der Waals surface area contributed by atoms with E-state index in [-0.39, 0.29) is 0 Å². The second kappa shape index (κ2) is 11.1. The van der Waals surface area contributed by atoms with E-state index in [0.29, 0.717) is 17.3 Å². The van der Waals surface area contributed by atoms with E-state index in [4.69, 9.17) is 16.9 Å². The number of nitrogens with zero attached hydrogens (tertiary/aromatic N) is 2. The fraction of sp³-hybridized carbons (Fsp3) is 0.458. The van der Waals surface area contributed by atoms with Gasteiger partial charge in [-0.15, -0.1) is 11.6 Å². The van der Waals surface area contributed by atoms with Gasteiger partial charge in [0.25, 0.3) is 0 Å². The Hall–Kier alpha value is -1.82. The summed E-state index contributed by atoms with van der Waals surface area (Å²) in [5.74, 6) is 0.598. The molecule has 0 spiro atoms. The van der Waals surface area contributed by atoms with Crippen LogP contribution in [-0.2, 0) is 13.0 Å². The van der Waals surface area contributed by atoms with Gasteiger partial charge in [0.05, 0.1) is 6.07 Å². The normalized spacial score (nSPS) is 19.0. The van der Waals surface area contributed by atoms with Gasteiger partial charge in [-0.3, -0.25) is 4.90 Å². The van der Waals surface area contributed by atoms with Gasteiger partial charge >= 0.3 is 0 Å². The zero-order valence-electron chi connectivity index (χ0n) is 16.7. The third kappa shape index (κ3) is 7.01. The number of aryl methyl sites for hydroxylation is 1. The van der Waals surface area contributed by atoms with E-state index in [0.717, 1.165) is 19.4 Å². The van der Waals surface area contributed by atoms with Crippen LogP contribution in [0.4, 0.5) is 0 Å². The summed E-state index contributed by atoms with van der Waals surface area (Å²) in [5.41, 5.74) is 4.24. The van der Waals surface area contributed by atoms with Gasteiger partial charge in [-0.2, -0.15) is 5.26 Å². The van der Waals surface area contributed by atoms with Crippen molar-refractivity contribution in [2.24, 2.45) is 0 Å². The van der Waals surface area contributed by atoms with E-state index in [9.17, 15) is 0 Å². The van der Waals surface area contributed by atoms with Crippen molar-refractivity contribution in [3.05, 3.63) is 71.3 Å². The molecule has 1 fully saturated rings. The summed E-state index contributed by atoms with van der Waals surface area (Å²) < 4.78 is 0. The van der Waals surface area contributed by atoms with Crippen LogP contribution in [0.1, 0.15) is 55.7 Å². The minimum Gasteiger partial charge on any atom is -0.299 e. The molecular formula is C24H31ClN2. The number of nitriles is 1. The SMILES string of the molecule is CC#N.CCC(CCc1ccc(C2CC2Cl)cc1)N(C)Cc1ccccc1. The first-order valence-electron chi connectivity index (χ1n) is 9.86. The first-order chi connectivity index (χ1) is 13.1. The van der Waals surface area contributed by atoms with Gasteiger partial charge in [-0.1, -0.05) is 61.5 Å². The third-order valence-electron chi connectivity index (χ3n) is 5.26. The van der Waals surface area contributed by atoms with Crippen LogP contribution in [0.25, 0.3) is 0 Å². The van der Waals surface area contributed by atoms with E-state index < -0.39 is 0 Å². The van der Waals surface area contributed by atoms with Crippen molar-refractivity contribution in [1.82, 2.24) is 4.90 Å². The molecule has 1 aliphatic carbocycles. The van der Waals surface area contributed by atoms with Gasteiger partial charge in [0.15, 0.2) is 0 Å². The smallest absolute Gasteiger partial charge is 0.0587 e. The lowest BCUT2D eigenvalue weighted by molar-refractivity contribution is 0.216. The molecule has 0 aromatic heterocycles. The second-order valence-corrected chi connectivity index (χ2v) is 7.89. The van der Waals surface area contributed by atoms with Crippen LogP contribution < -0.4 is 0 Å². The summed E-state index contributed by atoms with van der Waals surface area (Å²) in [6.07, 6.45) is 4.69. The van der Waals surface area contributed by atoms with Gasteiger partial charge in [0.1, 0.15) is 0 Å². The molecule has 0 N–H and O–H groups in total. The zero-order chi connectivity index (χ0) is 19.6. The summed E-state index contributed by atoms with van der Waals surface area (Å²) >= 11 is 6.14. The molecule has 3 unspecified atom stereocenters. The quantitative estimate of drug-likeness (QED) is 0.511. The lowest BCUT2D eigenvalue weighted by atomic mass is 10.00. The average Bonchev–Trinajstić information content (AvgIpc) is 3.41. The Morgan fingerprint density at radius 2 is 1.70 bits per heavy atom. The molecule has 0 aliphatic heterocycles. The fourth-order valence-corrected chi connectivity index (χ4v) is 3.85. The Morgan fingerprint density at radius 1 is 1.11 bits per heavy atom. The van der Waals surface area contributed by atoms with Crippen molar-refractivity contribution in [1.29, 1.82) is 5.26 Å². The molecule has 144 valence electrons.